The van der Waals surface area contributed by atoms with Crippen LogP contribution in [0.15, 0.2) is 53.9 Å². The molecule has 0 bridgehead atoms. The van der Waals surface area contributed by atoms with Gasteiger partial charge in [0.15, 0.2) is 0 Å². The summed E-state index contributed by atoms with van der Waals surface area (Å²) in [6.07, 6.45) is 0.903. The normalized spacial score (nSPS) is 11.0. The molecule has 0 atom stereocenters. The first-order valence-electron chi connectivity index (χ1n) is 9.38. The number of anilines is 1. The molecule has 0 radical (unpaired) electrons. The van der Waals surface area contributed by atoms with Crippen LogP contribution in [0.25, 0.3) is 10.6 Å². The minimum absolute atomic E-state index is 0.0342. The van der Waals surface area contributed by atoms with Crippen LogP contribution in [0.3, 0.4) is 0 Å². The molecule has 0 saturated carbocycles. The first-order chi connectivity index (χ1) is 15.2. The summed E-state index contributed by atoms with van der Waals surface area (Å²) < 4.78 is 38.1. The number of amides is 2. The Hall–Kier alpha value is -3.64. The van der Waals surface area contributed by atoms with Gasteiger partial charge >= 0.3 is 6.18 Å². The number of rotatable bonds is 6. The monoisotopic (exact) mass is 457 g/mol. The lowest BCUT2D eigenvalue weighted by Crippen LogP contribution is -2.35. The highest BCUT2D eigenvalue weighted by molar-refractivity contribution is 7.13. The molecule has 1 N–H and O–H groups in total. The van der Waals surface area contributed by atoms with Gasteiger partial charge in [0.1, 0.15) is 5.01 Å². The zero-order valence-electron chi connectivity index (χ0n) is 16.9. The second-order valence-electron chi connectivity index (χ2n) is 6.92. The molecule has 1 heterocycles. The number of hydrogen-bond acceptors (Lipinski definition) is 4. The van der Waals surface area contributed by atoms with E-state index in [0.717, 1.165) is 12.1 Å². The van der Waals surface area contributed by atoms with Gasteiger partial charge in [0.25, 0.3) is 0 Å². The topological polar surface area (TPSA) is 62.3 Å². The Morgan fingerprint density at radius 1 is 1.19 bits per heavy atom. The number of alkyl halides is 3. The molecule has 0 unspecified atom stereocenters. The van der Waals surface area contributed by atoms with E-state index in [4.69, 9.17) is 6.42 Å². The van der Waals surface area contributed by atoms with Crippen molar-refractivity contribution in [3.8, 4) is 22.9 Å². The number of carbonyl (C=O) groups excluding carboxylic acids is 2. The van der Waals surface area contributed by atoms with Crippen molar-refractivity contribution in [2.75, 3.05) is 18.9 Å². The Morgan fingerprint density at radius 2 is 1.91 bits per heavy atom. The Labute approximate surface area is 186 Å². The summed E-state index contributed by atoms with van der Waals surface area (Å²) in [5, 5.41) is 4.87. The predicted molar refractivity (Wildman–Crippen MR) is 117 cm³/mol. The second-order valence-corrected chi connectivity index (χ2v) is 7.78. The van der Waals surface area contributed by atoms with Gasteiger partial charge in [-0.1, -0.05) is 24.1 Å². The fourth-order valence-corrected chi connectivity index (χ4v) is 3.63. The van der Waals surface area contributed by atoms with Crippen molar-refractivity contribution in [2.24, 2.45) is 0 Å². The number of carbonyl (C=O) groups is 2. The third-order valence-corrected chi connectivity index (χ3v) is 5.40. The molecule has 0 saturated heterocycles. The Bertz CT molecular complexity index is 1160. The fourth-order valence-electron chi connectivity index (χ4n) is 2.80. The highest BCUT2D eigenvalue weighted by Crippen LogP contribution is 2.31. The molecule has 9 heteroatoms. The summed E-state index contributed by atoms with van der Waals surface area (Å²) in [6, 6.07) is 11.5. The quantitative estimate of drug-likeness (QED) is 0.557. The Kier molecular flexibility index (Phi) is 6.95. The maximum atomic E-state index is 12.7. The van der Waals surface area contributed by atoms with Crippen LogP contribution in [-0.4, -0.2) is 35.3 Å². The molecule has 5 nitrogen and oxygen atoms in total. The third-order valence-electron chi connectivity index (χ3n) is 4.46. The number of terminal acetylenes is 1. The number of nitrogens with zero attached hydrogens (tertiary/aromatic N) is 2. The Balaban J connectivity index is 1.57. The predicted octanol–water partition coefficient (Wildman–Crippen LogP) is 4.45. The van der Waals surface area contributed by atoms with Crippen LogP contribution < -0.4 is 5.32 Å². The minimum atomic E-state index is -4.40. The van der Waals surface area contributed by atoms with E-state index >= 15 is 0 Å². The van der Waals surface area contributed by atoms with Crippen LogP contribution in [0.2, 0.25) is 0 Å². The molecule has 1 aromatic heterocycles. The molecule has 0 aliphatic rings. The lowest BCUT2D eigenvalue weighted by molar-refractivity contribution is -0.137. The van der Waals surface area contributed by atoms with Gasteiger partial charge in [-0.3, -0.25) is 9.59 Å². The van der Waals surface area contributed by atoms with Gasteiger partial charge < -0.3 is 10.2 Å². The number of likely N-dealkylation sites (N-methyl/N-ethyl adjacent to an activating group) is 1. The molecule has 32 heavy (non-hydrogen) atoms. The fraction of sp³-hybridized carbons (Fsp3) is 0.174. The third kappa shape index (κ3) is 5.95. The average Bonchev–Trinajstić information content (AvgIpc) is 3.21. The summed E-state index contributed by atoms with van der Waals surface area (Å²) in [4.78, 5) is 30.3. The van der Waals surface area contributed by atoms with Crippen molar-refractivity contribution < 1.29 is 22.8 Å². The SMILES string of the molecule is C#Cc1cccc(NC(=O)CN(C)C(=O)Cc2csc(-c3ccc(C(F)(F)F)cc3)n2)c1. The zero-order valence-corrected chi connectivity index (χ0v) is 17.8. The molecule has 0 spiro atoms. The summed E-state index contributed by atoms with van der Waals surface area (Å²) >= 11 is 1.23. The van der Waals surface area contributed by atoms with Gasteiger partial charge in [0.05, 0.1) is 24.2 Å². The second kappa shape index (κ2) is 9.66. The minimum Gasteiger partial charge on any atom is -0.336 e. The van der Waals surface area contributed by atoms with Crippen LogP contribution in [0.1, 0.15) is 16.8 Å². The van der Waals surface area contributed by atoms with Crippen molar-refractivity contribution in [1.82, 2.24) is 9.88 Å². The standard InChI is InChI=1S/C23H18F3N3O2S/c1-3-15-5-4-6-18(11-15)27-20(30)13-29(2)21(31)12-19-14-32-22(28-19)16-7-9-17(10-8-16)23(24,25)26/h1,4-11,14H,12-13H2,2H3,(H,27,30). The molecule has 3 rings (SSSR count). The van der Waals surface area contributed by atoms with E-state index in [2.05, 4.69) is 16.2 Å². The number of halogens is 3. The molecular formula is C23H18F3N3O2S. The Morgan fingerprint density at radius 3 is 2.56 bits per heavy atom. The van der Waals surface area contributed by atoms with Gasteiger partial charge in [-0.25, -0.2) is 4.98 Å². The first-order valence-corrected chi connectivity index (χ1v) is 10.3. The van der Waals surface area contributed by atoms with E-state index in [1.165, 1.54) is 35.4 Å². The van der Waals surface area contributed by atoms with Crippen LogP contribution in [0.4, 0.5) is 18.9 Å². The van der Waals surface area contributed by atoms with E-state index in [0.29, 0.717) is 27.5 Å². The molecule has 164 valence electrons. The summed E-state index contributed by atoms with van der Waals surface area (Å²) in [7, 11) is 1.50. The van der Waals surface area contributed by atoms with Gasteiger partial charge in [-0.2, -0.15) is 13.2 Å². The van der Waals surface area contributed by atoms with E-state index < -0.39 is 11.7 Å². The lowest BCUT2D eigenvalue weighted by Gasteiger charge is -2.16. The van der Waals surface area contributed by atoms with Gasteiger partial charge in [-0.15, -0.1) is 17.8 Å². The molecule has 3 aromatic rings. The molecule has 2 amide bonds. The summed E-state index contributed by atoms with van der Waals surface area (Å²) in [5.41, 5.74) is 1.43. The first kappa shape index (κ1) is 23.0. The van der Waals surface area contributed by atoms with E-state index in [1.54, 1.807) is 29.6 Å². The maximum absolute atomic E-state index is 12.7. The largest absolute Gasteiger partial charge is 0.416 e. The van der Waals surface area contributed by atoms with Crippen molar-refractivity contribution >= 4 is 28.8 Å². The number of aromatic nitrogens is 1. The van der Waals surface area contributed by atoms with E-state index in [1.807, 2.05) is 0 Å². The number of nitrogens with one attached hydrogen (secondary N) is 1. The van der Waals surface area contributed by atoms with Crippen LogP contribution in [0, 0.1) is 12.3 Å². The van der Waals surface area contributed by atoms with Crippen LogP contribution in [0.5, 0.6) is 0 Å². The average molecular weight is 457 g/mol. The van der Waals surface area contributed by atoms with E-state index in [9.17, 15) is 22.8 Å². The zero-order chi connectivity index (χ0) is 23.3. The van der Waals surface area contributed by atoms with Crippen molar-refractivity contribution in [3.05, 3.63) is 70.7 Å². The van der Waals surface area contributed by atoms with E-state index in [-0.39, 0.29) is 24.8 Å². The van der Waals surface area contributed by atoms with Crippen molar-refractivity contribution in [2.45, 2.75) is 12.6 Å². The van der Waals surface area contributed by atoms with Gasteiger partial charge in [0, 0.05) is 29.2 Å². The number of hydrogen-bond donors (Lipinski definition) is 1. The van der Waals surface area contributed by atoms with Crippen molar-refractivity contribution in [3.63, 3.8) is 0 Å². The summed E-state index contributed by atoms with van der Waals surface area (Å²) in [6.45, 7) is -0.158. The number of thiazole rings is 1. The van der Waals surface area contributed by atoms with Gasteiger partial charge in [0.2, 0.25) is 11.8 Å². The van der Waals surface area contributed by atoms with Crippen LogP contribution >= 0.6 is 11.3 Å². The maximum Gasteiger partial charge on any atom is 0.416 e. The smallest absolute Gasteiger partial charge is 0.336 e. The molecule has 0 aliphatic heterocycles. The van der Waals surface area contributed by atoms with Gasteiger partial charge in [-0.05, 0) is 30.3 Å². The summed E-state index contributed by atoms with van der Waals surface area (Å²) in [5.74, 6) is 1.78. The molecule has 0 aliphatic carbocycles. The molecule has 2 aromatic carbocycles. The highest BCUT2D eigenvalue weighted by Gasteiger charge is 2.30. The number of benzene rings is 2. The van der Waals surface area contributed by atoms with Crippen LogP contribution in [-0.2, 0) is 22.2 Å². The lowest BCUT2D eigenvalue weighted by atomic mass is 10.1. The highest BCUT2D eigenvalue weighted by atomic mass is 32.1. The van der Waals surface area contributed by atoms with Crippen molar-refractivity contribution in [1.29, 1.82) is 0 Å². The molecule has 0 fully saturated rings. The molecular weight excluding hydrogens is 439 g/mol.